The second kappa shape index (κ2) is 12.3. The van der Waals surface area contributed by atoms with Crippen LogP contribution in [-0.4, -0.2) is 15.0 Å². The molecule has 0 spiro atoms. The fourth-order valence-electron chi connectivity index (χ4n) is 7.74. The molecule has 0 amide bonds. The monoisotopic (exact) mass is 707 g/mol. The molecule has 0 aliphatic carbocycles. The van der Waals surface area contributed by atoms with Crippen LogP contribution < -0.4 is 0 Å². The van der Waals surface area contributed by atoms with Crippen molar-refractivity contribution in [3.05, 3.63) is 176 Å². The lowest BCUT2D eigenvalue weighted by molar-refractivity contribution is 0.672. The van der Waals surface area contributed by atoms with Gasteiger partial charge in [-0.3, -0.25) is 0 Å². The Morgan fingerprint density at radius 2 is 1.00 bits per heavy atom. The summed E-state index contributed by atoms with van der Waals surface area (Å²) < 4.78 is 8.95. The SMILES string of the molecule is c1ccc(-c2ccc3c(c2)c(-c2cccc(-c4nc(-c5ccccc5)nc(-c5cccc6c5sc5ccccc56)n4)c2)cc2c4ccccc4oc32)cc1. The van der Waals surface area contributed by atoms with Gasteiger partial charge in [-0.05, 0) is 70.1 Å². The van der Waals surface area contributed by atoms with Crippen LogP contribution in [0.15, 0.2) is 180 Å². The number of nitrogens with zero attached hydrogens (tertiary/aromatic N) is 3. The summed E-state index contributed by atoms with van der Waals surface area (Å²) in [6, 6.07) is 61.5. The molecule has 0 N–H and O–H groups in total. The highest BCUT2D eigenvalue weighted by atomic mass is 32.1. The number of furan rings is 1. The van der Waals surface area contributed by atoms with Crippen LogP contribution in [-0.2, 0) is 0 Å². The third-order valence-corrected chi connectivity index (χ3v) is 11.5. The highest BCUT2D eigenvalue weighted by Gasteiger charge is 2.19. The first kappa shape index (κ1) is 30.7. The van der Waals surface area contributed by atoms with Gasteiger partial charge in [-0.1, -0.05) is 133 Å². The molecular weight excluding hydrogens is 679 g/mol. The second-order valence-electron chi connectivity index (χ2n) is 13.6. The average Bonchev–Trinajstić information content (AvgIpc) is 3.82. The van der Waals surface area contributed by atoms with Gasteiger partial charge in [-0.15, -0.1) is 11.3 Å². The minimum absolute atomic E-state index is 0.628. The van der Waals surface area contributed by atoms with Gasteiger partial charge in [0.25, 0.3) is 0 Å². The van der Waals surface area contributed by atoms with Crippen LogP contribution in [0, 0.1) is 0 Å². The van der Waals surface area contributed by atoms with E-state index in [2.05, 4.69) is 146 Å². The second-order valence-corrected chi connectivity index (χ2v) is 14.6. The summed E-state index contributed by atoms with van der Waals surface area (Å²) >= 11 is 1.78. The Balaban J connectivity index is 1.14. The maximum absolute atomic E-state index is 6.53. The zero-order valence-electron chi connectivity index (χ0n) is 28.9. The third kappa shape index (κ3) is 5.01. The molecule has 4 nitrogen and oxygen atoms in total. The summed E-state index contributed by atoms with van der Waals surface area (Å²) in [7, 11) is 0. The molecule has 8 aromatic carbocycles. The molecule has 0 atom stereocenters. The molecule has 3 aromatic heterocycles. The van der Waals surface area contributed by atoms with E-state index in [-0.39, 0.29) is 0 Å². The van der Waals surface area contributed by atoms with Crippen LogP contribution in [0.1, 0.15) is 0 Å². The molecule has 3 heterocycles. The van der Waals surface area contributed by atoms with Crippen LogP contribution in [0.25, 0.3) is 109 Å². The number of hydrogen-bond donors (Lipinski definition) is 0. The van der Waals surface area contributed by atoms with Gasteiger partial charge in [0.2, 0.25) is 0 Å². The number of hydrogen-bond acceptors (Lipinski definition) is 5. The first-order valence-electron chi connectivity index (χ1n) is 18.0. The Labute approximate surface area is 314 Å². The number of fused-ring (bicyclic) bond motifs is 8. The van der Waals surface area contributed by atoms with Crippen molar-refractivity contribution in [1.82, 2.24) is 15.0 Å². The van der Waals surface area contributed by atoms with Crippen molar-refractivity contribution in [2.75, 3.05) is 0 Å². The Kier molecular flexibility index (Phi) is 7.00. The van der Waals surface area contributed by atoms with Gasteiger partial charge in [0.1, 0.15) is 11.2 Å². The summed E-state index contributed by atoms with van der Waals surface area (Å²) in [5, 5.41) is 6.85. The molecule has 5 heteroatoms. The molecule has 0 aliphatic rings. The van der Waals surface area contributed by atoms with Gasteiger partial charge >= 0.3 is 0 Å². The van der Waals surface area contributed by atoms with Crippen molar-refractivity contribution >= 4 is 64.2 Å². The summed E-state index contributed by atoms with van der Waals surface area (Å²) in [5.74, 6) is 1.93. The average molecular weight is 708 g/mol. The van der Waals surface area contributed by atoms with Gasteiger partial charge in [-0.2, -0.15) is 0 Å². The van der Waals surface area contributed by atoms with E-state index in [9.17, 15) is 0 Å². The van der Waals surface area contributed by atoms with Crippen molar-refractivity contribution in [1.29, 1.82) is 0 Å². The van der Waals surface area contributed by atoms with Gasteiger partial charge < -0.3 is 4.42 Å². The van der Waals surface area contributed by atoms with E-state index in [0.29, 0.717) is 17.5 Å². The Morgan fingerprint density at radius 3 is 1.85 bits per heavy atom. The third-order valence-electron chi connectivity index (χ3n) is 10.3. The first-order valence-corrected chi connectivity index (χ1v) is 18.8. The topological polar surface area (TPSA) is 51.8 Å². The van der Waals surface area contributed by atoms with E-state index < -0.39 is 0 Å². The lowest BCUT2D eigenvalue weighted by Crippen LogP contribution is -2.00. The lowest BCUT2D eigenvalue weighted by atomic mass is 9.92. The number of aromatic nitrogens is 3. The van der Waals surface area contributed by atoms with Crippen LogP contribution >= 0.6 is 11.3 Å². The molecule has 0 aliphatic heterocycles. The highest BCUT2D eigenvalue weighted by molar-refractivity contribution is 7.26. The van der Waals surface area contributed by atoms with Crippen LogP contribution in [0.2, 0.25) is 0 Å². The number of para-hydroxylation sites is 1. The number of thiophene rings is 1. The highest BCUT2D eigenvalue weighted by Crippen LogP contribution is 2.43. The predicted molar refractivity (Wildman–Crippen MR) is 225 cm³/mol. The van der Waals surface area contributed by atoms with E-state index in [0.717, 1.165) is 66.1 Å². The van der Waals surface area contributed by atoms with Crippen LogP contribution in [0.5, 0.6) is 0 Å². The molecule has 0 bridgehead atoms. The predicted octanol–water partition coefficient (Wildman–Crippen LogP) is 13.6. The first-order chi connectivity index (χ1) is 26.7. The van der Waals surface area contributed by atoms with Gasteiger partial charge in [0.15, 0.2) is 17.5 Å². The largest absolute Gasteiger partial charge is 0.455 e. The zero-order chi connectivity index (χ0) is 35.6. The number of rotatable bonds is 5. The van der Waals surface area contributed by atoms with E-state index in [4.69, 9.17) is 19.4 Å². The maximum Gasteiger partial charge on any atom is 0.165 e. The van der Waals surface area contributed by atoms with Crippen LogP contribution in [0.4, 0.5) is 0 Å². The maximum atomic E-state index is 6.53. The summed E-state index contributed by atoms with van der Waals surface area (Å²) in [4.78, 5) is 15.5. The van der Waals surface area contributed by atoms with E-state index in [1.807, 2.05) is 30.3 Å². The van der Waals surface area contributed by atoms with Gasteiger partial charge in [0, 0.05) is 53.0 Å². The lowest BCUT2D eigenvalue weighted by Gasteiger charge is -2.13. The molecule has 0 saturated carbocycles. The van der Waals surface area contributed by atoms with Crippen molar-refractivity contribution in [2.24, 2.45) is 0 Å². The molecule has 0 fully saturated rings. The molecule has 252 valence electrons. The van der Waals surface area contributed by atoms with E-state index in [1.54, 1.807) is 11.3 Å². The van der Waals surface area contributed by atoms with Crippen LogP contribution in [0.3, 0.4) is 0 Å². The fraction of sp³-hybridized carbons (Fsp3) is 0. The molecule has 0 unspecified atom stereocenters. The minimum atomic E-state index is 0.628. The molecule has 11 rings (SSSR count). The van der Waals surface area contributed by atoms with Crippen molar-refractivity contribution in [3.63, 3.8) is 0 Å². The number of benzene rings is 8. The minimum Gasteiger partial charge on any atom is -0.455 e. The van der Waals surface area contributed by atoms with Crippen molar-refractivity contribution in [2.45, 2.75) is 0 Å². The van der Waals surface area contributed by atoms with Crippen molar-refractivity contribution < 1.29 is 4.42 Å². The van der Waals surface area contributed by atoms with Gasteiger partial charge in [-0.25, -0.2) is 15.0 Å². The molecule has 0 radical (unpaired) electrons. The summed E-state index contributed by atoms with van der Waals surface area (Å²) in [6.07, 6.45) is 0. The Morgan fingerprint density at radius 1 is 0.352 bits per heavy atom. The Hall–Kier alpha value is -6.95. The Bertz CT molecular complexity index is 3220. The van der Waals surface area contributed by atoms with E-state index >= 15 is 0 Å². The normalized spacial score (nSPS) is 11.7. The summed E-state index contributed by atoms with van der Waals surface area (Å²) in [6.45, 7) is 0. The molecule has 11 aromatic rings. The quantitative estimate of drug-likeness (QED) is 0.179. The standard InChI is InChI=1S/C49H29N3OS/c1-3-13-30(14-4-1)32-25-26-37-41(28-32)40(29-42-35-19-7-9-23-43(35)53-45(37)42)33-17-11-18-34(27-33)48-50-47(31-15-5-2-6-16-31)51-49(52-48)39-22-12-21-38-36-20-8-10-24-44(36)54-46(38)39/h1-29H. The van der Waals surface area contributed by atoms with E-state index in [1.165, 1.54) is 25.7 Å². The fourth-order valence-corrected chi connectivity index (χ4v) is 8.95. The summed E-state index contributed by atoms with van der Waals surface area (Å²) in [5.41, 5.74) is 9.16. The molecule has 54 heavy (non-hydrogen) atoms. The molecule has 0 saturated heterocycles. The van der Waals surface area contributed by atoms with Crippen molar-refractivity contribution in [3.8, 4) is 56.4 Å². The zero-order valence-corrected chi connectivity index (χ0v) is 29.7. The molecular formula is C49H29N3OS. The smallest absolute Gasteiger partial charge is 0.165 e. The van der Waals surface area contributed by atoms with Gasteiger partial charge in [0.05, 0.1) is 0 Å².